The van der Waals surface area contributed by atoms with Crippen molar-refractivity contribution in [1.82, 2.24) is 10.2 Å². The Kier molecular flexibility index (Phi) is 12.3. The number of nitrogens with one attached hydrogen (secondary N) is 2. The maximum atomic E-state index is 14.0. The van der Waals surface area contributed by atoms with Gasteiger partial charge in [-0.25, -0.2) is 4.79 Å². The van der Waals surface area contributed by atoms with Crippen LogP contribution in [0, 0.1) is 5.41 Å². The second kappa shape index (κ2) is 17.7. The van der Waals surface area contributed by atoms with Crippen molar-refractivity contribution in [2.24, 2.45) is 5.41 Å². The number of aromatic carboxylic acids is 1. The monoisotopic (exact) mass is 734 g/mol. The molecule has 0 saturated carbocycles. The number of para-hydroxylation sites is 1. The van der Waals surface area contributed by atoms with Gasteiger partial charge in [-0.15, -0.1) is 0 Å². The van der Waals surface area contributed by atoms with E-state index in [4.69, 9.17) is 5.11 Å². The van der Waals surface area contributed by atoms with Gasteiger partial charge in [-0.2, -0.15) is 0 Å². The molecule has 0 unspecified atom stereocenters. The normalized spacial score (nSPS) is 15.9. The van der Waals surface area contributed by atoms with E-state index in [1.54, 1.807) is 54.6 Å². The Morgan fingerprint density at radius 1 is 0.727 bits per heavy atom. The lowest BCUT2D eigenvalue weighted by atomic mass is 9.79. The number of hydrogen-bond acceptors (Lipinski definition) is 5. The van der Waals surface area contributed by atoms with E-state index in [1.807, 2.05) is 91.8 Å². The summed E-state index contributed by atoms with van der Waals surface area (Å²) in [6.45, 7) is 1.96. The summed E-state index contributed by atoms with van der Waals surface area (Å²) >= 11 is 0. The van der Waals surface area contributed by atoms with Crippen molar-refractivity contribution in [1.29, 1.82) is 0 Å². The fraction of sp³-hybridized carbons (Fsp3) is 0.217. The number of amides is 3. The zero-order valence-corrected chi connectivity index (χ0v) is 31.2. The van der Waals surface area contributed by atoms with Gasteiger partial charge in [0.1, 0.15) is 0 Å². The van der Waals surface area contributed by atoms with Gasteiger partial charge in [-0.3, -0.25) is 14.4 Å². The van der Waals surface area contributed by atoms with E-state index in [1.165, 1.54) is 0 Å². The molecule has 1 spiro atoms. The van der Waals surface area contributed by atoms with E-state index in [9.17, 15) is 19.2 Å². The fourth-order valence-corrected chi connectivity index (χ4v) is 7.16. The minimum atomic E-state index is -0.879. The van der Waals surface area contributed by atoms with Crippen molar-refractivity contribution >= 4 is 35.1 Å². The largest absolute Gasteiger partial charge is 0.478 e. The van der Waals surface area contributed by atoms with Crippen molar-refractivity contribution in [3.05, 3.63) is 167 Å². The van der Waals surface area contributed by atoms with Crippen LogP contribution >= 0.6 is 0 Å². The van der Waals surface area contributed by atoms with Crippen LogP contribution < -0.4 is 15.5 Å². The predicted molar refractivity (Wildman–Crippen MR) is 217 cm³/mol. The van der Waals surface area contributed by atoms with E-state index in [0.29, 0.717) is 35.5 Å². The molecule has 0 bridgehead atoms. The minimum Gasteiger partial charge on any atom is -0.478 e. The van der Waals surface area contributed by atoms with Crippen molar-refractivity contribution in [2.45, 2.75) is 25.7 Å². The summed E-state index contributed by atoms with van der Waals surface area (Å²) in [4.78, 5) is 54.3. The predicted octanol–water partition coefficient (Wildman–Crippen LogP) is 7.97. The number of allylic oxidation sites excluding steroid dienone is 1. The van der Waals surface area contributed by atoms with Crippen molar-refractivity contribution in [2.75, 3.05) is 43.9 Å². The number of rotatable bonds is 9. The van der Waals surface area contributed by atoms with Gasteiger partial charge in [-0.1, -0.05) is 91.0 Å². The molecule has 1 atom stereocenters. The molecule has 55 heavy (non-hydrogen) atoms. The molecule has 3 N–H and O–H groups in total. The Morgan fingerprint density at radius 3 is 2.07 bits per heavy atom. The third-order valence-corrected chi connectivity index (χ3v) is 10.1. The number of carboxylic acids is 1. The summed E-state index contributed by atoms with van der Waals surface area (Å²) in [6, 6.07) is 40.9. The van der Waals surface area contributed by atoms with E-state index in [2.05, 4.69) is 27.7 Å². The standard InChI is InChI=1S/C39H40N4O3.C7H6O2/c1-42(2)25-23-40-36(44)31-20-21-39(27-31)22-24-43(35-15-9-6-12-30(35)26-39)38(46)29-16-18-32(19-17-29)41-37(45)34-14-8-7-13-33(34)28-10-4-3-5-11-28;8-7(9)6-4-2-1-3-5-6/h3-19,27H,20-26H2,1-2H3,(H,40,44)(H,41,45);1-5H,(H,8,9)/t39-;/m0./s1. The van der Waals surface area contributed by atoms with Crippen LogP contribution in [0.1, 0.15) is 55.9 Å². The number of fused-ring (bicyclic) bond motifs is 1. The Labute approximate surface area is 322 Å². The quantitative estimate of drug-likeness (QED) is 0.141. The van der Waals surface area contributed by atoms with E-state index in [-0.39, 0.29) is 23.1 Å². The van der Waals surface area contributed by atoms with Crippen molar-refractivity contribution in [3.63, 3.8) is 0 Å². The number of benzene rings is 5. The summed E-state index contributed by atoms with van der Waals surface area (Å²) in [5, 5.41) is 14.4. The maximum absolute atomic E-state index is 14.0. The van der Waals surface area contributed by atoms with Crippen LogP contribution in [0.4, 0.5) is 11.4 Å². The van der Waals surface area contributed by atoms with Crippen LogP contribution in [0.25, 0.3) is 11.1 Å². The van der Waals surface area contributed by atoms with Crippen LogP contribution in [0.2, 0.25) is 0 Å². The summed E-state index contributed by atoms with van der Waals surface area (Å²) < 4.78 is 0. The molecule has 7 rings (SSSR count). The molecule has 1 aliphatic carbocycles. The lowest BCUT2D eigenvalue weighted by Gasteiger charge is -2.26. The molecule has 5 aromatic carbocycles. The van der Waals surface area contributed by atoms with Gasteiger partial charge in [0.2, 0.25) is 5.91 Å². The zero-order chi connectivity index (χ0) is 38.8. The second-order valence-corrected chi connectivity index (χ2v) is 14.2. The molecule has 0 aromatic heterocycles. The van der Waals surface area contributed by atoms with Crippen LogP contribution in [0.15, 0.2) is 145 Å². The molecule has 1 heterocycles. The molecule has 2 aliphatic rings. The minimum absolute atomic E-state index is 0.0138. The van der Waals surface area contributed by atoms with Gasteiger partial charge in [0.15, 0.2) is 0 Å². The first kappa shape index (κ1) is 38.4. The highest BCUT2D eigenvalue weighted by Gasteiger charge is 2.39. The first-order valence-electron chi connectivity index (χ1n) is 18.5. The molecule has 9 heteroatoms. The van der Waals surface area contributed by atoms with Gasteiger partial charge < -0.3 is 25.5 Å². The van der Waals surface area contributed by atoms with Gasteiger partial charge in [-0.05, 0) is 110 Å². The molecule has 5 aromatic rings. The first-order chi connectivity index (χ1) is 26.6. The Balaban J connectivity index is 0.000000502. The lowest BCUT2D eigenvalue weighted by molar-refractivity contribution is -0.117. The van der Waals surface area contributed by atoms with E-state index in [0.717, 1.165) is 60.2 Å². The van der Waals surface area contributed by atoms with Crippen LogP contribution in [-0.4, -0.2) is 67.4 Å². The molecule has 280 valence electrons. The highest BCUT2D eigenvalue weighted by Crippen LogP contribution is 2.46. The van der Waals surface area contributed by atoms with E-state index < -0.39 is 5.97 Å². The Hall–Kier alpha value is -6.32. The summed E-state index contributed by atoms with van der Waals surface area (Å²) in [7, 11) is 3.98. The first-order valence-corrected chi connectivity index (χ1v) is 18.5. The third kappa shape index (κ3) is 9.62. The van der Waals surface area contributed by atoms with Gasteiger partial charge in [0.05, 0.1) is 5.56 Å². The summed E-state index contributed by atoms with van der Waals surface area (Å²) in [6.07, 6.45) is 5.37. The number of likely N-dealkylation sites (N-methyl/N-ethyl adjacent to an activating group) is 1. The van der Waals surface area contributed by atoms with Crippen LogP contribution in [-0.2, 0) is 11.2 Å². The highest BCUT2D eigenvalue weighted by molar-refractivity contribution is 6.10. The second-order valence-electron chi connectivity index (χ2n) is 14.2. The molecular formula is C46H46N4O5. The molecule has 1 aliphatic heterocycles. The molecule has 0 radical (unpaired) electrons. The highest BCUT2D eigenvalue weighted by atomic mass is 16.4. The number of carbonyl (C=O) groups excluding carboxylic acids is 3. The Bertz CT molecular complexity index is 2170. The smallest absolute Gasteiger partial charge is 0.335 e. The molecule has 9 nitrogen and oxygen atoms in total. The van der Waals surface area contributed by atoms with Gasteiger partial charge in [0.25, 0.3) is 11.8 Å². The SMILES string of the molecule is CN(C)CCNC(=O)C1=C[C@@]2(CC1)CCN(C(=O)c1ccc(NC(=O)c3ccccc3-c3ccccc3)cc1)c1ccccc1C2.O=C(O)c1ccccc1. The summed E-state index contributed by atoms with van der Waals surface area (Å²) in [5.74, 6) is -1.16. The lowest BCUT2D eigenvalue weighted by Crippen LogP contribution is -2.33. The third-order valence-electron chi connectivity index (χ3n) is 10.1. The fourth-order valence-electron chi connectivity index (χ4n) is 7.16. The van der Waals surface area contributed by atoms with E-state index >= 15 is 0 Å². The molecule has 0 saturated heterocycles. The number of carboxylic acid groups (broad SMARTS) is 1. The van der Waals surface area contributed by atoms with Crippen molar-refractivity contribution < 1.29 is 24.3 Å². The average Bonchev–Trinajstić information content (AvgIpc) is 3.55. The van der Waals surface area contributed by atoms with Crippen LogP contribution in [0.5, 0.6) is 0 Å². The van der Waals surface area contributed by atoms with Crippen LogP contribution in [0.3, 0.4) is 0 Å². The maximum Gasteiger partial charge on any atom is 0.335 e. The molecular weight excluding hydrogens is 689 g/mol. The average molecular weight is 735 g/mol. The number of anilines is 2. The number of hydrogen-bond donors (Lipinski definition) is 3. The van der Waals surface area contributed by atoms with Crippen molar-refractivity contribution in [3.8, 4) is 11.1 Å². The zero-order valence-electron chi connectivity index (χ0n) is 31.2. The topological polar surface area (TPSA) is 119 Å². The summed E-state index contributed by atoms with van der Waals surface area (Å²) in [5.41, 5.74) is 6.63. The van der Waals surface area contributed by atoms with Gasteiger partial charge >= 0.3 is 5.97 Å². The molecule has 3 amide bonds. The number of nitrogens with zero attached hydrogens (tertiary/aromatic N) is 2. The molecule has 0 fully saturated rings. The Morgan fingerprint density at radius 2 is 1.38 bits per heavy atom. The van der Waals surface area contributed by atoms with Gasteiger partial charge in [0, 0.05) is 47.7 Å². The number of carbonyl (C=O) groups is 4.